The Morgan fingerprint density at radius 2 is 1.92 bits per heavy atom. The van der Waals surface area contributed by atoms with Crippen LogP contribution in [0, 0.1) is 17.2 Å². The highest BCUT2D eigenvalue weighted by Gasteiger charge is 2.22. The van der Waals surface area contributed by atoms with Crippen molar-refractivity contribution < 1.29 is 19.1 Å². The number of halogens is 3. The summed E-state index contributed by atoms with van der Waals surface area (Å²) in [5.74, 6) is -2.78. The first kappa shape index (κ1) is 20.2. The maximum atomic E-state index is 11.8. The first-order chi connectivity index (χ1) is 11.2. The van der Waals surface area contributed by atoms with Gasteiger partial charge in [0, 0.05) is 6.21 Å². The molecule has 0 aliphatic carbocycles. The summed E-state index contributed by atoms with van der Waals surface area (Å²) in [5, 5.41) is 8.87. The fourth-order valence-electron chi connectivity index (χ4n) is 1.57. The Balaban J connectivity index is 3.24. The van der Waals surface area contributed by atoms with E-state index in [1.165, 1.54) is 6.07 Å². The van der Waals surface area contributed by atoms with E-state index in [-0.39, 0.29) is 32.4 Å². The summed E-state index contributed by atoms with van der Waals surface area (Å²) < 4.78 is 9.53. The van der Waals surface area contributed by atoms with Crippen molar-refractivity contribution in [2.24, 2.45) is 10.9 Å². The summed E-state index contributed by atoms with van der Waals surface area (Å²) in [7, 11) is 1.16. The van der Waals surface area contributed by atoms with Gasteiger partial charge in [-0.1, -0.05) is 34.8 Å². The summed E-state index contributed by atoms with van der Waals surface area (Å²) in [5.41, 5.74) is -0.0946. The molecule has 1 atom stereocenters. The molecule has 0 N–H and O–H groups in total. The maximum absolute atomic E-state index is 11.8. The average molecular weight is 392 g/mol. The third-order valence-electron chi connectivity index (χ3n) is 2.63. The number of methoxy groups -OCH3 is 1. The minimum atomic E-state index is -1.24. The van der Waals surface area contributed by atoms with E-state index in [2.05, 4.69) is 9.73 Å². The number of carbonyl (C=O) groups excluding carboxylic acids is 2. The molecule has 9 heteroatoms. The van der Waals surface area contributed by atoms with Crippen LogP contribution in [-0.2, 0) is 14.3 Å². The highest BCUT2D eigenvalue weighted by molar-refractivity contribution is 6.47. The van der Waals surface area contributed by atoms with Gasteiger partial charge in [-0.3, -0.25) is 9.79 Å². The zero-order valence-electron chi connectivity index (χ0n) is 13.0. The van der Waals surface area contributed by atoms with Gasteiger partial charge in [0.1, 0.15) is 5.56 Å². The molecule has 0 spiro atoms. The third-order valence-corrected chi connectivity index (χ3v) is 3.80. The van der Waals surface area contributed by atoms with E-state index < -0.39 is 17.9 Å². The predicted molar refractivity (Wildman–Crippen MR) is 91.3 cm³/mol. The van der Waals surface area contributed by atoms with Crippen molar-refractivity contribution >= 4 is 58.6 Å². The number of nitriles is 1. The van der Waals surface area contributed by atoms with E-state index in [0.717, 1.165) is 13.3 Å². The molecule has 0 radical (unpaired) electrons. The normalized spacial score (nSPS) is 12.1. The lowest BCUT2D eigenvalue weighted by Crippen LogP contribution is -2.20. The van der Waals surface area contributed by atoms with E-state index in [1.807, 2.05) is 0 Å². The zero-order chi connectivity index (χ0) is 18.4. The molecule has 0 fully saturated rings. The number of benzene rings is 1. The molecule has 0 aromatic heterocycles. The second-order valence-corrected chi connectivity index (χ2v) is 5.91. The highest BCUT2D eigenvalue weighted by atomic mass is 35.5. The number of ether oxygens (including phenoxy) is 2. The fraction of sp³-hybridized carbons (Fsp3) is 0.333. The monoisotopic (exact) mass is 390 g/mol. The first-order valence-electron chi connectivity index (χ1n) is 6.63. The maximum Gasteiger partial charge on any atom is 0.341 e. The van der Waals surface area contributed by atoms with Crippen molar-refractivity contribution in [3.05, 3.63) is 26.7 Å². The molecule has 128 valence electrons. The molecule has 1 unspecified atom stereocenters. The molecular formula is C15H13Cl3N2O4. The van der Waals surface area contributed by atoms with Crippen LogP contribution in [0.4, 0.5) is 5.69 Å². The van der Waals surface area contributed by atoms with Crippen LogP contribution >= 0.6 is 34.8 Å². The summed E-state index contributed by atoms with van der Waals surface area (Å²) >= 11 is 18.0. The molecule has 0 aliphatic rings. The van der Waals surface area contributed by atoms with Crippen molar-refractivity contribution in [1.29, 1.82) is 5.26 Å². The Morgan fingerprint density at radius 1 is 1.29 bits per heavy atom. The van der Waals surface area contributed by atoms with Crippen LogP contribution in [0.15, 0.2) is 11.1 Å². The number of rotatable bonds is 5. The number of esters is 2. The van der Waals surface area contributed by atoms with Crippen molar-refractivity contribution in [3.8, 4) is 6.07 Å². The molecule has 0 amide bonds. The van der Waals surface area contributed by atoms with Crippen LogP contribution in [0.5, 0.6) is 0 Å². The molecule has 0 heterocycles. The van der Waals surface area contributed by atoms with Crippen molar-refractivity contribution in [2.45, 2.75) is 20.0 Å². The molecule has 24 heavy (non-hydrogen) atoms. The fourth-order valence-corrected chi connectivity index (χ4v) is 2.32. The van der Waals surface area contributed by atoms with E-state index >= 15 is 0 Å². The largest absolute Gasteiger partial charge is 0.465 e. The van der Waals surface area contributed by atoms with Gasteiger partial charge in [0.05, 0.1) is 40.0 Å². The summed E-state index contributed by atoms with van der Waals surface area (Å²) in [6.45, 7) is 3.31. The van der Waals surface area contributed by atoms with Crippen LogP contribution in [0.2, 0.25) is 15.1 Å². The van der Waals surface area contributed by atoms with Crippen molar-refractivity contribution in [1.82, 2.24) is 0 Å². The second-order valence-electron chi connectivity index (χ2n) is 4.74. The smallest absolute Gasteiger partial charge is 0.341 e. The Labute approximate surface area is 153 Å². The number of hydrogen-bond donors (Lipinski definition) is 0. The molecule has 0 saturated heterocycles. The van der Waals surface area contributed by atoms with E-state index in [1.54, 1.807) is 19.9 Å². The number of hydrogen-bond acceptors (Lipinski definition) is 6. The van der Waals surface area contributed by atoms with Gasteiger partial charge >= 0.3 is 11.9 Å². The quantitative estimate of drug-likeness (QED) is 0.426. The van der Waals surface area contributed by atoms with Gasteiger partial charge in [-0.15, -0.1) is 0 Å². The van der Waals surface area contributed by atoms with Crippen LogP contribution in [0.1, 0.15) is 24.2 Å². The molecule has 1 aromatic rings. The number of aliphatic imine (C=N–C) groups is 1. The standard InChI is InChI=1S/C15H13Cl3N2O4/c1-7(2)24-14(21)8(5-19)6-20-10-4-9(16)12(17)11(13(10)18)15(22)23-3/h4,6-8H,1-3H3. The van der Waals surface area contributed by atoms with Gasteiger partial charge < -0.3 is 9.47 Å². The topological polar surface area (TPSA) is 88.8 Å². The zero-order valence-corrected chi connectivity index (χ0v) is 15.2. The van der Waals surface area contributed by atoms with Gasteiger partial charge in [0.2, 0.25) is 0 Å². The van der Waals surface area contributed by atoms with Crippen LogP contribution in [-0.4, -0.2) is 31.4 Å². The summed E-state index contributed by atoms with van der Waals surface area (Å²) in [6.07, 6.45) is 0.679. The molecule has 1 rings (SSSR count). The lowest BCUT2D eigenvalue weighted by atomic mass is 10.1. The molecule has 0 aliphatic heterocycles. The Morgan fingerprint density at radius 3 is 2.42 bits per heavy atom. The van der Waals surface area contributed by atoms with E-state index in [4.69, 9.17) is 44.8 Å². The van der Waals surface area contributed by atoms with Crippen molar-refractivity contribution in [2.75, 3.05) is 7.11 Å². The Hall–Kier alpha value is -1.81. The lowest BCUT2D eigenvalue weighted by Gasteiger charge is -2.10. The second kappa shape index (κ2) is 8.88. The SMILES string of the molecule is COC(=O)c1c(Cl)c(Cl)cc(N=CC(C#N)C(=O)OC(C)C)c1Cl. The Bertz CT molecular complexity index is 726. The highest BCUT2D eigenvalue weighted by Crippen LogP contribution is 2.39. The van der Waals surface area contributed by atoms with Gasteiger partial charge in [-0.2, -0.15) is 5.26 Å². The van der Waals surface area contributed by atoms with Crippen LogP contribution in [0.25, 0.3) is 0 Å². The number of carbonyl (C=O) groups is 2. The molecule has 0 saturated carbocycles. The van der Waals surface area contributed by atoms with Gasteiger partial charge in [0.25, 0.3) is 0 Å². The summed E-state index contributed by atoms with van der Waals surface area (Å²) in [6, 6.07) is 3.06. The molecule has 0 bridgehead atoms. The molecule has 1 aromatic carbocycles. The molecular weight excluding hydrogens is 379 g/mol. The van der Waals surface area contributed by atoms with Gasteiger partial charge in [-0.25, -0.2) is 4.79 Å². The van der Waals surface area contributed by atoms with E-state index in [9.17, 15) is 9.59 Å². The van der Waals surface area contributed by atoms with Crippen LogP contribution in [0.3, 0.4) is 0 Å². The van der Waals surface area contributed by atoms with Crippen LogP contribution < -0.4 is 0 Å². The predicted octanol–water partition coefficient (Wildman–Crippen LogP) is 4.23. The van der Waals surface area contributed by atoms with Gasteiger partial charge in [0.15, 0.2) is 5.92 Å². The van der Waals surface area contributed by atoms with Crippen molar-refractivity contribution in [3.63, 3.8) is 0 Å². The Kier molecular flexibility index (Phi) is 7.49. The number of nitrogens with zero attached hydrogens (tertiary/aromatic N) is 2. The van der Waals surface area contributed by atoms with Gasteiger partial charge in [-0.05, 0) is 19.9 Å². The first-order valence-corrected chi connectivity index (χ1v) is 7.76. The minimum absolute atomic E-state index is 0.0203. The lowest BCUT2D eigenvalue weighted by molar-refractivity contribution is -0.148. The summed E-state index contributed by atoms with van der Waals surface area (Å²) in [4.78, 5) is 27.5. The average Bonchev–Trinajstić information content (AvgIpc) is 2.51. The third kappa shape index (κ3) is 4.84. The minimum Gasteiger partial charge on any atom is -0.465 e. The molecule has 6 nitrogen and oxygen atoms in total. The van der Waals surface area contributed by atoms with E-state index in [0.29, 0.717) is 0 Å².